The third kappa shape index (κ3) is 6.77. The number of ether oxygens (including phenoxy) is 1. The maximum absolute atomic E-state index is 11.6. The summed E-state index contributed by atoms with van der Waals surface area (Å²) in [6.45, 7) is 1.32. The maximum atomic E-state index is 11.6. The van der Waals surface area contributed by atoms with Gasteiger partial charge < -0.3 is 20.7 Å². The smallest absolute Gasteiger partial charge is 0.252 e. The summed E-state index contributed by atoms with van der Waals surface area (Å²) in [5, 5.41) is 8.39. The van der Waals surface area contributed by atoms with Gasteiger partial charge in [-0.15, -0.1) is 12.4 Å². The molecule has 118 valence electrons. The highest BCUT2D eigenvalue weighted by Crippen LogP contribution is 2.20. The highest BCUT2D eigenvalue weighted by molar-refractivity contribution is 6.34. The van der Waals surface area contributed by atoms with E-state index in [1.54, 1.807) is 25.3 Å². The number of anilines is 1. The van der Waals surface area contributed by atoms with Crippen LogP contribution in [-0.4, -0.2) is 45.7 Å². The first kappa shape index (κ1) is 19.7. The van der Waals surface area contributed by atoms with Gasteiger partial charge >= 0.3 is 0 Å². The van der Waals surface area contributed by atoms with E-state index in [1.807, 2.05) is 0 Å². The molecule has 0 bridgehead atoms. The summed E-state index contributed by atoms with van der Waals surface area (Å²) in [4.78, 5) is 23.1. The number of hydrogen-bond donors (Lipinski definition) is 3. The third-order valence-electron chi connectivity index (χ3n) is 2.49. The minimum atomic E-state index is -0.269. The number of rotatable bonds is 7. The van der Waals surface area contributed by atoms with E-state index in [4.69, 9.17) is 16.3 Å². The van der Waals surface area contributed by atoms with Gasteiger partial charge in [-0.2, -0.15) is 0 Å². The average Bonchev–Trinajstić information content (AvgIpc) is 2.43. The summed E-state index contributed by atoms with van der Waals surface area (Å²) in [6, 6.07) is 4.73. The van der Waals surface area contributed by atoms with Gasteiger partial charge in [0.05, 0.1) is 23.7 Å². The molecule has 1 aromatic carbocycles. The summed E-state index contributed by atoms with van der Waals surface area (Å²) in [5.41, 5.74) is 0.909. The van der Waals surface area contributed by atoms with E-state index in [1.165, 1.54) is 7.05 Å². The van der Waals surface area contributed by atoms with Gasteiger partial charge in [-0.05, 0) is 18.2 Å². The van der Waals surface area contributed by atoms with Crippen molar-refractivity contribution in [2.45, 2.75) is 0 Å². The molecule has 0 saturated carbocycles. The first-order valence-electron chi connectivity index (χ1n) is 6.09. The van der Waals surface area contributed by atoms with Crippen LogP contribution in [0.2, 0.25) is 5.02 Å². The molecule has 0 radical (unpaired) electrons. The molecule has 1 aromatic rings. The van der Waals surface area contributed by atoms with Crippen LogP contribution < -0.4 is 16.0 Å². The quantitative estimate of drug-likeness (QED) is 0.656. The Balaban J connectivity index is 0.00000400. The van der Waals surface area contributed by atoms with E-state index in [2.05, 4.69) is 16.0 Å². The Bertz CT molecular complexity index is 484. The highest BCUT2D eigenvalue weighted by atomic mass is 35.5. The predicted octanol–water partition coefficient (Wildman–Crippen LogP) is 1.30. The second-order valence-electron chi connectivity index (χ2n) is 3.99. The average molecular weight is 336 g/mol. The number of amides is 2. The molecule has 0 saturated heterocycles. The number of nitrogens with one attached hydrogen (secondary N) is 3. The number of methoxy groups -OCH3 is 1. The van der Waals surface area contributed by atoms with Crippen LogP contribution in [0.4, 0.5) is 5.69 Å². The Labute approximate surface area is 135 Å². The molecule has 1 rings (SSSR count). The summed E-state index contributed by atoms with van der Waals surface area (Å²) < 4.78 is 4.85. The van der Waals surface area contributed by atoms with Gasteiger partial charge in [0, 0.05) is 26.4 Å². The minimum Gasteiger partial charge on any atom is -0.383 e. The second-order valence-corrected chi connectivity index (χ2v) is 4.40. The van der Waals surface area contributed by atoms with Crippen molar-refractivity contribution in [2.75, 3.05) is 39.2 Å². The lowest BCUT2D eigenvalue weighted by Gasteiger charge is -2.08. The van der Waals surface area contributed by atoms with Gasteiger partial charge in [0.2, 0.25) is 5.91 Å². The fourth-order valence-electron chi connectivity index (χ4n) is 1.49. The van der Waals surface area contributed by atoms with Crippen molar-refractivity contribution in [3.63, 3.8) is 0 Å². The maximum Gasteiger partial charge on any atom is 0.252 e. The molecule has 3 N–H and O–H groups in total. The Morgan fingerprint density at radius 1 is 1.33 bits per heavy atom. The molecule has 2 amide bonds. The largest absolute Gasteiger partial charge is 0.383 e. The van der Waals surface area contributed by atoms with Gasteiger partial charge in [0.1, 0.15) is 0 Å². The number of halogens is 2. The highest BCUT2D eigenvalue weighted by Gasteiger charge is 2.10. The first-order valence-corrected chi connectivity index (χ1v) is 6.47. The monoisotopic (exact) mass is 335 g/mol. The normalized spacial score (nSPS) is 9.67. The van der Waals surface area contributed by atoms with E-state index in [9.17, 15) is 9.59 Å². The Kier molecular flexibility index (Phi) is 9.73. The zero-order valence-electron chi connectivity index (χ0n) is 11.9. The summed E-state index contributed by atoms with van der Waals surface area (Å²) >= 11 is 5.99. The van der Waals surface area contributed by atoms with Gasteiger partial charge in [-0.25, -0.2) is 0 Å². The molecule has 21 heavy (non-hydrogen) atoms. The molecule has 0 fully saturated rings. The molecule has 0 unspecified atom stereocenters. The molecule has 0 spiro atoms. The Morgan fingerprint density at radius 2 is 2.05 bits per heavy atom. The number of benzene rings is 1. The van der Waals surface area contributed by atoms with Crippen molar-refractivity contribution >= 4 is 41.5 Å². The van der Waals surface area contributed by atoms with Crippen LogP contribution in [0.5, 0.6) is 0 Å². The molecule has 0 aliphatic heterocycles. The predicted molar refractivity (Wildman–Crippen MR) is 85.5 cm³/mol. The molecule has 8 heteroatoms. The fraction of sp³-hybridized carbons (Fsp3) is 0.385. The summed E-state index contributed by atoms with van der Waals surface area (Å²) in [6.07, 6.45) is 0. The Morgan fingerprint density at radius 3 is 2.62 bits per heavy atom. The van der Waals surface area contributed by atoms with Crippen LogP contribution in [0.25, 0.3) is 0 Å². The molecule has 0 aliphatic carbocycles. The zero-order valence-corrected chi connectivity index (χ0v) is 13.4. The van der Waals surface area contributed by atoms with Crippen molar-refractivity contribution in [3.8, 4) is 0 Å². The lowest BCUT2D eigenvalue weighted by Crippen LogP contribution is -2.30. The van der Waals surface area contributed by atoms with Crippen molar-refractivity contribution in [1.82, 2.24) is 10.6 Å². The van der Waals surface area contributed by atoms with Gasteiger partial charge in [0.15, 0.2) is 0 Å². The van der Waals surface area contributed by atoms with Crippen LogP contribution in [0.3, 0.4) is 0 Å². The summed E-state index contributed by atoms with van der Waals surface area (Å²) in [7, 11) is 3.12. The number of carbonyl (C=O) groups is 2. The van der Waals surface area contributed by atoms with Crippen LogP contribution in [0.15, 0.2) is 18.2 Å². The standard InChI is InChI=1S/C13H18ClN3O3.ClH/c1-15-13(19)10-4-3-9(7-11(10)14)17-12(18)8-16-5-6-20-2;/h3-4,7,16H,5-6,8H2,1-2H3,(H,15,19)(H,17,18);1H. The van der Waals surface area contributed by atoms with E-state index in [-0.39, 0.29) is 35.8 Å². The summed E-state index contributed by atoms with van der Waals surface area (Å²) in [5.74, 6) is -0.459. The van der Waals surface area contributed by atoms with Crippen LogP contribution >= 0.6 is 24.0 Å². The lowest BCUT2D eigenvalue weighted by molar-refractivity contribution is -0.115. The molecule has 0 atom stereocenters. The van der Waals surface area contributed by atoms with Crippen LogP contribution in [-0.2, 0) is 9.53 Å². The molecule has 6 nitrogen and oxygen atoms in total. The van der Waals surface area contributed by atoms with E-state index >= 15 is 0 Å². The Hall–Kier alpha value is -1.34. The molecule has 0 aromatic heterocycles. The fourth-order valence-corrected chi connectivity index (χ4v) is 1.76. The molecule has 0 aliphatic rings. The second kappa shape index (κ2) is 10.4. The van der Waals surface area contributed by atoms with Crippen LogP contribution in [0, 0.1) is 0 Å². The molecule has 0 heterocycles. The van der Waals surface area contributed by atoms with Crippen molar-refractivity contribution in [3.05, 3.63) is 28.8 Å². The van der Waals surface area contributed by atoms with Gasteiger partial charge in [-0.3, -0.25) is 9.59 Å². The number of hydrogen-bond acceptors (Lipinski definition) is 4. The minimum absolute atomic E-state index is 0. The lowest BCUT2D eigenvalue weighted by atomic mass is 10.2. The number of carbonyl (C=O) groups excluding carboxylic acids is 2. The third-order valence-corrected chi connectivity index (χ3v) is 2.81. The van der Waals surface area contributed by atoms with E-state index < -0.39 is 0 Å². The SMILES string of the molecule is CNC(=O)c1ccc(NC(=O)CNCCOC)cc1Cl.Cl. The van der Waals surface area contributed by atoms with Gasteiger partial charge in [0.25, 0.3) is 5.91 Å². The van der Waals surface area contributed by atoms with Gasteiger partial charge in [-0.1, -0.05) is 11.6 Å². The van der Waals surface area contributed by atoms with Crippen molar-refractivity contribution in [2.24, 2.45) is 0 Å². The van der Waals surface area contributed by atoms with E-state index in [0.717, 1.165) is 0 Å². The molecular weight excluding hydrogens is 317 g/mol. The van der Waals surface area contributed by atoms with E-state index in [0.29, 0.717) is 24.4 Å². The zero-order chi connectivity index (χ0) is 15.0. The van der Waals surface area contributed by atoms with Crippen molar-refractivity contribution < 1.29 is 14.3 Å². The topological polar surface area (TPSA) is 79.5 Å². The first-order chi connectivity index (χ1) is 9.58. The van der Waals surface area contributed by atoms with Crippen LogP contribution in [0.1, 0.15) is 10.4 Å². The molecular formula is C13H19Cl2N3O3. The van der Waals surface area contributed by atoms with Crippen molar-refractivity contribution in [1.29, 1.82) is 0 Å².